The van der Waals surface area contributed by atoms with Gasteiger partial charge in [0, 0.05) is 12.1 Å². The molecule has 1 saturated heterocycles. The SMILES string of the molecule is C=CC[C@@H]1CCC[C@@H](C[C@H](O)CCC)N1C(=O)OC. The van der Waals surface area contributed by atoms with Gasteiger partial charge in [-0.2, -0.15) is 0 Å². The Labute approximate surface area is 116 Å². The Hall–Kier alpha value is -1.03. The minimum absolute atomic E-state index is 0.0905. The lowest BCUT2D eigenvalue weighted by atomic mass is 9.90. The van der Waals surface area contributed by atoms with Crippen LogP contribution in [-0.4, -0.2) is 41.4 Å². The van der Waals surface area contributed by atoms with E-state index in [0.29, 0.717) is 6.42 Å². The molecule has 0 radical (unpaired) electrons. The third-order valence-corrected chi connectivity index (χ3v) is 3.85. The monoisotopic (exact) mass is 269 g/mol. The first-order chi connectivity index (χ1) is 9.13. The molecule has 110 valence electrons. The standard InChI is InChI=1S/C15H27NO3/c1-4-7-12-9-6-10-13(11-14(17)8-5-2)16(12)15(18)19-3/h4,12-14,17H,1,5-11H2,2-3H3/t12-,13+,14-/m1/s1. The molecular formula is C15H27NO3. The van der Waals surface area contributed by atoms with Crippen LogP contribution in [0.3, 0.4) is 0 Å². The van der Waals surface area contributed by atoms with E-state index in [4.69, 9.17) is 4.74 Å². The maximum Gasteiger partial charge on any atom is 0.409 e. The molecule has 0 aromatic heterocycles. The van der Waals surface area contributed by atoms with Crippen molar-refractivity contribution in [3.8, 4) is 0 Å². The Bertz CT molecular complexity index is 293. The molecule has 1 amide bonds. The highest BCUT2D eigenvalue weighted by Gasteiger charge is 2.35. The van der Waals surface area contributed by atoms with Gasteiger partial charge in [0.1, 0.15) is 0 Å². The van der Waals surface area contributed by atoms with Crippen LogP contribution in [0.4, 0.5) is 4.79 Å². The number of hydrogen-bond donors (Lipinski definition) is 1. The molecule has 1 heterocycles. The summed E-state index contributed by atoms with van der Waals surface area (Å²) < 4.78 is 4.91. The number of methoxy groups -OCH3 is 1. The van der Waals surface area contributed by atoms with Crippen LogP contribution in [0.25, 0.3) is 0 Å². The van der Waals surface area contributed by atoms with Crippen molar-refractivity contribution < 1.29 is 14.6 Å². The molecule has 1 N–H and O–H groups in total. The molecule has 4 nitrogen and oxygen atoms in total. The maximum atomic E-state index is 12.0. The molecule has 0 unspecified atom stereocenters. The summed E-state index contributed by atoms with van der Waals surface area (Å²) in [6.07, 6.45) is 7.46. The lowest BCUT2D eigenvalue weighted by molar-refractivity contribution is 0.0340. The van der Waals surface area contributed by atoms with Crippen LogP contribution in [0, 0.1) is 0 Å². The van der Waals surface area contributed by atoms with Gasteiger partial charge in [0.25, 0.3) is 0 Å². The number of aliphatic hydroxyl groups is 1. The largest absolute Gasteiger partial charge is 0.453 e. The molecule has 1 rings (SSSR count). The molecule has 1 fully saturated rings. The van der Waals surface area contributed by atoms with Crippen LogP contribution in [0.2, 0.25) is 0 Å². The number of ether oxygens (including phenoxy) is 1. The highest BCUT2D eigenvalue weighted by molar-refractivity contribution is 5.68. The molecule has 0 bridgehead atoms. The minimum Gasteiger partial charge on any atom is -0.453 e. The van der Waals surface area contributed by atoms with Crippen molar-refractivity contribution in [2.45, 2.75) is 70.1 Å². The summed E-state index contributed by atoms with van der Waals surface area (Å²) >= 11 is 0. The van der Waals surface area contributed by atoms with E-state index in [9.17, 15) is 9.90 Å². The van der Waals surface area contributed by atoms with Gasteiger partial charge < -0.3 is 14.7 Å². The summed E-state index contributed by atoms with van der Waals surface area (Å²) in [6, 6.07) is 0.255. The molecule has 19 heavy (non-hydrogen) atoms. The second-order valence-corrected chi connectivity index (χ2v) is 5.32. The Kier molecular flexibility index (Phi) is 6.92. The number of hydrogen-bond acceptors (Lipinski definition) is 3. The second kappa shape index (κ2) is 8.20. The van der Waals surface area contributed by atoms with Crippen molar-refractivity contribution in [2.75, 3.05) is 7.11 Å². The van der Waals surface area contributed by atoms with Gasteiger partial charge in [-0.05, 0) is 38.5 Å². The van der Waals surface area contributed by atoms with Gasteiger partial charge in [-0.15, -0.1) is 6.58 Å². The Morgan fingerprint density at radius 1 is 1.53 bits per heavy atom. The van der Waals surface area contributed by atoms with Gasteiger partial charge in [-0.25, -0.2) is 4.79 Å². The summed E-state index contributed by atoms with van der Waals surface area (Å²) in [6.45, 7) is 5.82. The summed E-state index contributed by atoms with van der Waals surface area (Å²) in [5, 5.41) is 9.99. The first-order valence-electron chi connectivity index (χ1n) is 7.29. The number of likely N-dealkylation sites (tertiary alicyclic amines) is 1. The Morgan fingerprint density at radius 3 is 2.79 bits per heavy atom. The van der Waals surface area contributed by atoms with E-state index in [2.05, 4.69) is 13.5 Å². The fourth-order valence-corrected chi connectivity index (χ4v) is 2.99. The number of carbonyl (C=O) groups is 1. The van der Waals surface area contributed by atoms with Crippen LogP contribution in [0.15, 0.2) is 12.7 Å². The number of nitrogens with zero attached hydrogens (tertiary/aromatic N) is 1. The van der Waals surface area contributed by atoms with Crippen LogP contribution in [0.5, 0.6) is 0 Å². The van der Waals surface area contributed by atoms with Crippen molar-refractivity contribution >= 4 is 6.09 Å². The third-order valence-electron chi connectivity index (χ3n) is 3.85. The van der Waals surface area contributed by atoms with E-state index < -0.39 is 0 Å². The molecule has 0 aliphatic carbocycles. The smallest absolute Gasteiger partial charge is 0.409 e. The second-order valence-electron chi connectivity index (χ2n) is 5.32. The predicted molar refractivity (Wildman–Crippen MR) is 76.0 cm³/mol. The van der Waals surface area contributed by atoms with Gasteiger partial charge in [0.05, 0.1) is 13.2 Å². The summed E-state index contributed by atoms with van der Waals surface area (Å²) in [4.78, 5) is 13.8. The van der Waals surface area contributed by atoms with Crippen molar-refractivity contribution in [3.63, 3.8) is 0 Å². The van der Waals surface area contributed by atoms with Crippen molar-refractivity contribution in [3.05, 3.63) is 12.7 Å². The number of rotatable bonds is 6. The molecule has 1 aliphatic rings. The molecule has 0 aromatic carbocycles. The topological polar surface area (TPSA) is 49.8 Å². The average Bonchev–Trinajstić information content (AvgIpc) is 2.39. The van der Waals surface area contributed by atoms with E-state index in [1.165, 1.54) is 7.11 Å². The minimum atomic E-state index is -0.329. The van der Waals surface area contributed by atoms with Gasteiger partial charge >= 0.3 is 6.09 Å². The zero-order valence-corrected chi connectivity index (χ0v) is 12.2. The van der Waals surface area contributed by atoms with Gasteiger partial charge in [-0.1, -0.05) is 19.4 Å². The van der Waals surface area contributed by atoms with Crippen LogP contribution >= 0.6 is 0 Å². The number of amides is 1. The van der Waals surface area contributed by atoms with Crippen LogP contribution < -0.4 is 0 Å². The van der Waals surface area contributed by atoms with E-state index >= 15 is 0 Å². The summed E-state index contributed by atoms with van der Waals surface area (Å²) in [7, 11) is 1.42. The predicted octanol–water partition coefficient (Wildman–Crippen LogP) is 3.10. The van der Waals surface area contributed by atoms with Crippen LogP contribution in [0.1, 0.15) is 51.9 Å². The third kappa shape index (κ3) is 4.53. The van der Waals surface area contributed by atoms with E-state index in [1.807, 2.05) is 11.0 Å². The number of aliphatic hydroxyl groups excluding tert-OH is 1. The Balaban J connectivity index is 2.74. The summed E-state index contributed by atoms with van der Waals surface area (Å²) in [5.41, 5.74) is 0. The fourth-order valence-electron chi connectivity index (χ4n) is 2.99. The highest BCUT2D eigenvalue weighted by Crippen LogP contribution is 2.29. The lowest BCUT2D eigenvalue weighted by Crippen LogP contribution is -2.51. The van der Waals surface area contributed by atoms with E-state index in [0.717, 1.165) is 38.5 Å². The first kappa shape index (κ1) is 16.0. The van der Waals surface area contributed by atoms with Gasteiger partial charge in [-0.3, -0.25) is 0 Å². The van der Waals surface area contributed by atoms with E-state index in [1.54, 1.807) is 0 Å². The zero-order chi connectivity index (χ0) is 14.3. The molecule has 3 atom stereocenters. The molecule has 1 aliphatic heterocycles. The summed E-state index contributed by atoms with van der Waals surface area (Å²) in [5.74, 6) is 0. The zero-order valence-electron chi connectivity index (χ0n) is 12.2. The average molecular weight is 269 g/mol. The molecule has 4 heteroatoms. The molecule has 0 aromatic rings. The molecular weight excluding hydrogens is 242 g/mol. The van der Waals surface area contributed by atoms with Crippen molar-refractivity contribution in [2.24, 2.45) is 0 Å². The number of piperidine rings is 1. The molecule has 0 saturated carbocycles. The molecule has 0 spiro atoms. The first-order valence-corrected chi connectivity index (χ1v) is 7.29. The van der Waals surface area contributed by atoms with Crippen molar-refractivity contribution in [1.29, 1.82) is 0 Å². The van der Waals surface area contributed by atoms with Gasteiger partial charge in [0.15, 0.2) is 0 Å². The lowest BCUT2D eigenvalue weighted by Gasteiger charge is -2.41. The number of carbonyl (C=O) groups excluding carboxylic acids is 1. The fraction of sp³-hybridized carbons (Fsp3) is 0.800. The maximum absolute atomic E-state index is 12.0. The Morgan fingerprint density at radius 2 is 2.21 bits per heavy atom. The van der Waals surface area contributed by atoms with Gasteiger partial charge in [0.2, 0.25) is 0 Å². The normalized spacial score (nSPS) is 24.9. The van der Waals surface area contributed by atoms with E-state index in [-0.39, 0.29) is 24.3 Å². The van der Waals surface area contributed by atoms with Crippen molar-refractivity contribution in [1.82, 2.24) is 4.90 Å². The van der Waals surface area contributed by atoms with Crippen LogP contribution in [-0.2, 0) is 4.74 Å². The quantitative estimate of drug-likeness (QED) is 0.754. The highest BCUT2D eigenvalue weighted by atomic mass is 16.5.